The Morgan fingerprint density at radius 2 is 1.95 bits per heavy atom. The summed E-state index contributed by atoms with van der Waals surface area (Å²) in [6, 6.07) is 0. The van der Waals surface area contributed by atoms with Gasteiger partial charge in [-0.25, -0.2) is 0 Å². The van der Waals surface area contributed by atoms with Crippen LogP contribution in [0.4, 0.5) is 13.2 Å². The van der Waals surface area contributed by atoms with Crippen molar-refractivity contribution in [3.05, 3.63) is 0 Å². The Balaban J connectivity index is 3.84. The highest BCUT2D eigenvalue weighted by Crippen LogP contribution is 2.31. The summed E-state index contributed by atoms with van der Waals surface area (Å²) in [6.45, 7) is 5.51. The first kappa shape index (κ1) is 20.1. The van der Waals surface area contributed by atoms with E-state index in [2.05, 4.69) is 11.8 Å². The SMILES string of the molecule is CCC(CCCCC(=O)CONC(F)(F)F)C(C)(C)C=N. The number of ketones is 1. The summed E-state index contributed by atoms with van der Waals surface area (Å²) in [4.78, 5) is 15.4. The molecule has 1 atom stereocenters. The van der Waals surface area contributed by atoms with E-state index in [-0.39, 0.29) is 17.6 Å². The van der Waals surface area contributed by atoms with Gasteiger partial charge >= 0.3 is 6.30 Å². The minimum atomic E-state index is -4.63. The molecule has 0 aliphatic carbocycles. The van der Waals surface area contributed by atoms with Crippen molar-refractivity contribution >= 4 is 12.0 Å². The number of unbranched alkanes of at least 4 members (excludes halogenated alkanes) is 1. The molecule has 21 heavy (non-hydrogen) atoms. The van der Waals surface area contributed by atoms with E-state index in [4.69, 9.17) is 5.41 Å². The lowest BCUT2D eigenvalue weighted by molar-refractivity contribution is -0.237. The molecule has 0 saturated heterocycles. The predicted molar refractivity (Wildman–Crippen MR) is 75.0 cm³/mol. The van der Waals surface area contributed by atoms with Crippen LogP contribution in [0.25, 0.3) is 0 Å². The Morgan fingerprint density at radius 3 is 2.43 bits per heavy atom. The number of rotatable bonds is 11. The third-order valence-electron chi connectivity index (χ3n) is 3.60. The molecule has 0 aliphatic heterocycles. The van der Waals surface area contributed by atoms with Gasteiger partial charge in [0.2, 0.25) is 0 Å². The molecule has 0 aromatic heterocycles. The van der Waals surface area contributed by atoms with Gasteiger partial charge in [0, 0.05) is 18.1 Å². The summed E-state index contributed by atoms with van der Waals surface area (Å²) in [7, 11) is 0. The van der Waals surface area contributed by atoms with Crippen molar-refractivity contribution in [2.24, 2.45) is 11.3 Å². The third kappa shape index (κ3) is 9.57. The number of hydrogen-bond donors (Lipinski definition) is 2. The van der Waals surface area contributed by atoms with Crippen LogP contribution in [0, 0.1) is 16.7 Å². The Morgan fingerprint density at radius 1 is 1.33 bits per heavy atom. The molecule has 0 fully saturated rings. The first-order chi connectivity index (χ1) is 9.62. The molecule has 0 radical (unpaired) electrons. The van der Waals surface area contributed by atoms with E-state index in [0.717, 1.165) is 24.7 Å². The number of halogens is 3. The first-order valence-electron chi connectivity index (χ1n) is 7.11. The van der Waals surface area contributed by atoms with Crippen molar-refractivity contribution in [3.8, 4) is 0 Å². The van der Waals surface area contributed by atoms with Crippen LogP contribution in [0.5, 0.6) is 0 Å². The number of hydrogen-bond acceptors (Lipinski definition) is 4. The number of carbonyl (C=O) groups is 1. The Labute approximate surface area is 123 Å². The largest absolute Gasteiger partial charge is 0.480 e. The number of Topliss-reactive ketones (excluding diaryl/α,β-unsaturated/α-hetero) is 1. The summed E-state index contributed by atoms with van der Waals surface area (Å²) in [5.41, 5.74) is 0.684. The maximum absolute atomic E-state index is 11.7. The number of carbonyl (C=O) groups excluding carboxylic acids is 1. The minimum absolute atomic E-state index is 0.168. The highest BCUT2D eigenvalue weighted by Gasteiger charge is 2.28. The molecule has 0 amide bonds. The van der Waals surface area contributed by atoms with Crippen molar-refractivity contribution < 1.29 is 22.8 Å². The zero-order chi connectivity index (χ0) is 16.5. The second-order valence-electron chi connectivity index (χ2n) is 5.74. The van der Waals surface area contributed by atoms with Gasteiger partial charge in [0.25, 0.3) is 0 Å². The maximum atomic E-state index is 11.7. The fraction of sp³-hybridized carbons (Fsp3) is 0.857. The van der Waals surface area contributed by atoms with Crippen LogP contribution in [0.1, 0.15) is 52.9 Å². The first-order valence-corrected chi connectivity index (χ1v) is 7.11. The summed E-state index contributed by atoms with van der Waals surface area (Å²) >= 11 is 0. The van der Waals surface area contributed by atoms with E-state index in [1.165, 1.54) is 6.21 Å². The zero-order valence-electron chi connectivity index (χ0n) is 12.8. The van der Waals surface area contributed by atoms with Gasteiger partial charge in [-0.15, -0.1) is 5.48 Å². The van der Waals surface area contributed by atoms with E-state index < -0.39 is 12.9 Å². The monoisotopic (exact) mass is 310 g/mol. The number of hydroxylamine groups is 1. The molecule has 0 heterocycles. The lowest BCUT2D eigenvalue weighted by Crippen LogP contribution is -2.33. The summed E-state index contributed by atoms with van der Waals surface area (Å²) in [5, 5.41) is 7.42. The Hall–Kier alpha value is -0.950. The van der Waals surface area contributed by atoms with Crippen LogP contribution < -0.4 is 5.48 Å². The maximum Gasteiger partial charge on any atom is 0.480 e. The third-order valence-corrected chi connectivity index (χ3v) is 3.60. The van der Waals surface area contributed by atoms with Crippen LogP contribution >= 0.6 is 0 Å². The van der Waals surface area contributed by atoms with Crippen molar-refractivity contribution in [1.29, 1.82) is 5.41 Å². The van der Waals surface area contributed by atoms with E-state index in [9.17, 15) is 18.0 Å². The fourth-order valence-electron chi connectivity index (χ4n) is 2.20. The molecule has 4 nitrogen and oxygen atoms in total. The average molecular weight is 310 g/mol. The second kappa shape index (κ2) is 9.15. The van der Waals surface area contributed by atoms with Crippen molar-refractivity contribution in [3.63, 3.8) is 0 Å². The number of nitrogens with one attached hydrogen (secondary N) is 2. The van der Waals surface area contributed by atoms with Gasteiger partial charge in [0.15, 0.2) is 5.78 Å². The lowest BCUT2D eigenvalue weighted by Gasteiger charge is -2.29. The molecule has 1 unspecified atom stereocenters. The average Bonchev–Trinajstić information content (AvgIpc) is 2.37. The molecule has 7 heteroatoms. The Bertz CT molecular complexity index is 331. The normalized spacial score (nSPS) is 14.0. The molecule has 0 aliphatic rings. The van der Waals surface area contributed by atoms with Gasteiger partial charge in [0.1, 0.15) is 6.61 Å². The smallest absolute Gasteiger partial charge is 0.313 e. The standard InChI is InChI=1S/C14H25F3N2O2/c1-4-11(13(2,3)10-18)7-5-6-8-12(20)9-21-19-14(15,16)17/h10-11,18-19H,4-9H2,1-3H3. The van der Waals surface area contributed by atoms with Crippen LogP contribution in [0.3, 0.4) is 0 Å². The molecule has 0 aromatic rings. The van der Waals surface area contributed by atoms with Gasteiger partial charge in [-0.05, 0) is 18.8 Å². The van der Waals surface area contributed by atoms with Crippen molar-refractivity contribution in [2.75, 3.05) is 6.61 Å². The van der Waals surface area contributed by atoms with Crippen molar-refractivity contribution in [1.82, 2.24) is 5.48 Å². The summed E-state index contributed by atoms with van der Waals surface area (Å²) < 4.78 is 35.2. The van der Waals surface area contributed by atoms with E-state index in [1.807, 2.05) is 13.8 Å². The van der Waals surface area contributed by atoms with Crippen LogP contribution in [-0.4, -0.2) is 24.9 Å². The highest BCUT2D eigenvalue weighted by molar-refractivity contribution is 5.79. The molecule has 0 aromatic carbocycles. The minimum Gasteiger partial charge on any atom is -0.313 e. The van der Waals surface area contributed by atoms with Gasteiger partial charge < -0.3 is 5.41 Å². The van der Waals surface area contributed by atoms with Crippen LogP contribution in [0.2, 0.25) is 0 Å². The molecule has 0 spiro atoms. The zero-order valence-corrected chi connectivity index (χ0v) is 12.8. The second-order valence-corrected chi connectivity index (χ2v) is 5.74. The molecular formula is C14H25F3N2O2. The fourth-order valence-corrected chi connectivity index (χ4v) is 2.20. The molecule has 2 N–H and O–H groups in total. The topological polar surface area (TPSA) is 62.2 Å². The molecule has 0 rings (SSSR count). The molecule has 124 valence electrons. The van der Waals surface area contributed by atoms with E-state index >= 15 is 0 Å². The predicted octanol–water partition coefficient (Wildman–Crippen LogP) is 3.86. The van der Waals surface area contributed by atoms with Gasteiger partial charge in [-0.3, -0.25) is 9.63 Å². The van der Waals surface area contributed by atoms with E-state index in [0.29, 0.717) is 12.3 Å². The quantitative estimate of drug-likeness (QED) is 0.264. The Kier molecular flexibility index (Phi) is 8.73. The van der Waals surface area contributed by atoms with Gasteiger partial charge in [0.05, 0.1) is 0 Å². The lowest BCUT2D eigenvalue weighted by atomic mass is 9.75. The molecular weight excluding hydrogens is 285 g/mol. The summed E-state index contributed by atoms with van der Waals surface area (Å²) in [6.07, 6.45) is 0.312. The molecule has 0 saturated carbocycles. The summed E-state index contributed by atoms with van der Waals surface area (Å²) in [5.74, 6) is 0.0133. The van der Waals surface area contributed by atoms with Gasteiger partial charge in [-0.2, -0.15) is 13.2 Å². The van der Waals surface area contributed by atoms with Crippen LogP contribution in [0.15, 0.2) is 0 Å². The highest BCUT2D eigenvalue weighted by atomic mass is 19.4. The van der Waals surface area contributed by atoms with Crippen molar-refractivity contribution in [2.45, 2.75) is 59.2 Å². The molecule has 0 bridgehead atoms. The number of alkyl halides is 3. The van der Waals surface area contributed by atoms with Crippen LogP contribution in [-0.2, 0) is 9.63 Å². The van der Waals surface area contributed by atoms with E-state index in [1.54, 1.807) is 0 Å². The van der Waals surface area contributed by atoms with Gasteiger partial charge in [-0.1, -0.05) is 33.6 Å².